The standard InChI is InChI=1S/C18H23N3OS.ClH/c1-13(2)14-3-5-15(6-4-14)17(19)11-21-18(22)12-23-16-7-9-20-10-8-16;/h3-10,13,17H,11-12,19H2,1-2H3,(H,21,22);1H. The number of nitrogens with one attached hydrogen (secondary N) is 1. The lowest BCUT2D eigenvalue weighted by Gasteiger charge is -2.14. The fourth-order valence-electron chi connectivity index (χ4n) is 2.10. The molecule has 0 aliphatic heterocycles. The van der Waals surface area contributed by atoms with Crippen LogP contribution in [0.25, 0.3) is 0 Å². The summed E-state index contributed by atoms with van der Waals surface area (Å²) in [6.45, 7) is 4.77. The second kappa shape index (κ2) is 10.3. The molecular formula is C18H24ClN3OS. The van der Waals surface area contributed by atoms with Gasteiger partial charge in [-0.3, -0.25) is 9.78 Å². The predicted molar refractivity (Wildman–Crippen MR) is 103 cm³/mol. The van der Waals surface area contributed by atoms with Crippen LogP contribution in [0, 0.1) is 0 Å². The minimum Gasteiger partial charge on any atom is -0.353 e. The zero-order valence-electron chi connectivity index (χ0n) is 13.9. The SMILES string of the molecule is CC(C)c1ccc(C(N)CNC(=O)CSc2ccncc2)cc1.Cl. The average Bonchev–Trinajstić information content (AvgIpc) is 2.58. The van der Waals surface area contributed by atoms with Gasteiger partial charge in [-0.05, 0) is 29.2 Å². The van der Waals surface area contributed by atoms with Crippen LogP contribution >= 0.6 is 24.2 Å². The molecule has 2 rings (SSSR count). The van der Waals surface area contributed by atoms with E-state index in [1.165, 1.54) is 17.3 Å². The molecule has 0 fully saturated rings. The molecule has 0 saturated carbocycles. The van der Waals surface area contributed by atoms with Crippen molar-refractivity contribution < 1.29 is 4.79 Å². The van der Waals surface area contributed by atoms with E-state index in [0.29, 0.717) is 18.2 Å². The number of thioether (sulfide) groups is 1. The van der Waals surface area contributed by atoms with Gasteiger partial charge in [0.2, 0.25) is 5.91 Å². The first-order valence-electron chi connectivity index (χ1n) is 7.71. The summed E-state index contributed by atoms with van der Waals surface area (Å²) < 4.78 is 0. The molecule has 3 N–H and O–H groups in total. The number of benzene rings is 1. The van der Waals surface area contributed by atoms with Crippen molar-refractivity contribution in [3.63, 3.8) is 0 Å². The summed E-state index contributed by atoms with van der Waals surface area (Å²) in [5.41, 5.74) is 8.48. The molecule has 1 aromatic heterocycles. The van der Waals surface area contributed by atoms with Crippen molar-refractivity contribution in [2.45, 2.75) is 30.7 Å². The molecule has 0 saturated heterocycles. The smallest absolute Gasteiger partial charge is 0.230 e. The normalized spacial score (nSPS) is 11.7. The molecule has 1 aromatic carbocycles. The molecule has 130 valence electrons. The monoisotopic (exact) mass is 365 g/mol. The molecule has 0 radical (unpaired) electrons. The van der Waals surface area contributed by atoms with Crippen molar-refractivity contribution in [3.8, 4) is 0 Å². The number of carbonyl (C=O) groups excluding carboxylic acids is 1. The largest absolute Gasteiger partial charge is 0.353 e. The zero-order valence-corrected chi connectivity index (χ0v) is 15.6. The van der Waals surface area contributed by atoms with Crippen LogP contribution in [-0.4, -0.2) is 23.2 Å². The van der Waals surface area contributed by atoms with Gasteiger partial charge in [-0.15, -0.1) is 24.2 Å². The van der Waals surface area contributed by atoms with E-state index in [-0.39, 0.29) is 24.4 Å². The molecule has 2 aromatic rings. The minimum atomic E-state index is -0.189. The molecular weight excluding hydrogens is 342 g/mol. The Kier molecular flexibility index (Phi) is 8.82. The fourth-order valence-corrected chi connectivity index (χ4v) is 2.82. The maximum atomic E-state index is 11.9. The molecule has 0 aliphatic carbocycles. The number of amides is 1. The van der Waals surface area contributed by atoms with Gasteiger partial charge in [0.1, 0.15) is 0 Å². The van der Waals surface area contributed by atoms with Gasteiger partial charge in [0.25, 0.3) is 0 Å². The van der Waals surface area contributed by atoms with Crippen molar-refractivity contribution in [2.75, 3.05) is 12.3 Å². The first-order chi connectivity index (χ1) is 11.1. The Balaban J connectivity index is 0.00000288. The Morgan fingerprint density at radius 1 is 1.12 bits per heavy atom. The molecule has 0 aliphatic rings. The second-order valence-corrected chi connectivity index (χ2v) is 6.75. The second-order valence-electron chi connectivity index (χ2n) is 5.70. The summed E-state index contributed by atoms with van der Waals surface area (Å²) in [6.07, 6.45) is 3.44. The molecule has 6 heteroatoms. The van der Waals surface area contributed by atoms with Crippen LogP contribution in [0.3, 0.4) is 0 Å². The third-order valence-electron chi connectivity index (χ3n) is 3.57. The number of nitrogens with zero attached hydrogens (tertiary/aromatic N) is 1. The highest BCUT2D eigenvalue weighted by molar-refractivity contribution is 8.00. The molecule has 0 spiro atoms. The number of hydrogen-bond donors (Lipinski definition) is 2. The van der Waals surface area contributed by atoms with Crippen LogP contribution in [0.15, 0.2) is 53.7 Å². The highest BCUT2D eigenvalue weighted by Crippen LogP contribution is 2.18. The fraction of sp³-hybridized carbons (Fsp3) is 0.333. The van der Waals surface area contributed by atoms with Crippen LogP contribution in [-0.2, 0) is 4.79 Å². The van der Waals surface area contributed by atoms with Gasteiger partial charge < -0.3 is 11.1 Å². The van der Waals surface area contributed by atoms with E-state index in [1.54, 1.807) is 12.4 Å². The number of aromatic nitrogens is 1. The molecule has 1 unspecified atom stereocenters. The third-order valence-corrected chi connectivity index (χ3v) is 4.58. The first kappa shape index (κ1) is 20.5. The van der Waals surface area contributed by atoms with E-state index in [9.17, 15) is 4.79 Å². The lowest BCUT2D eigenvalue weighted by atomic mass is 9.99. The zero-order chi connectivity index (χ0) is 16.7. The molecule has 1 atom stereocenters. The van der Waals surface area contributed by atoms with Gasteiger partial charge >= 0.3 is 0 Å². The molecule has 4 nitrogen and oxygen atoms in total. The van der Waals surface area contributed by atoms with Crippen LogP contribution in [0.5, 0.6) is 0 Å². The number of hydrogen-bond acceptors (Lipinski definition) is 4. The van der Waals surface area contributed by atoms with Crippen molar-refractivity contribution in [1.82, 2.24) is 10.3 Å². The quantitative estimate of drug-likeness (QED) is 0.736. The van der Waals surface area contributed by atoms with E-state index in [0.717, 1.165) is 10.5 Å². The van der Waals surface area contributed by atoms with Crippen molar-refractivity contribution in [3.05, 3.63) is 59.9 Å². The summed E-state index contributed by atoms with van der Waals surface area (Å²) in [5.74, 6) is 0.870. The molecule has 1 amide bonds. The topological polar surface area (TPSA) is 68.0 Å². The van der Waals surface area contributed by atoms with E-state index >= 15 is 0 Å². The van der Waals surface area contributed by atoms with Crippen LogP contribution in [0.4, 0.5) is 0 Å². The predicted octanol–water partition coefficient (Wildman–Crippen LogP) is 3.54. The summed E-state index contributed by atoms with van der Waals surface area (Å²) in [7, 11) is 0. The van der Waals surface area contributed by atoms with Crippen LogP contribution < -0.4 is 11.1 Å². The number of pyridine rings is 1. The molecule has 1 heterocycles. The van der Waals surface area contributed by atoms with Crippen molar-refractivity contribution in [1.29, 1.82) is 0 Å². The minimum absolute atomic E-state index is 0. The molecule has 24 heavy (non-hydrogen) atoms. The number of rotatable bonds is 7. The summed E-state index contributed by atoms with van der Waals surface area (Å²) in [5, 5.41) is 2.89. The van der Waals surface area contributed by atoms with Crippen LogP contribution in [0.1, 0.15) is 36.9 Å². The van der Waals surface area contributed by atoms with Crippen molar-refractivity contribution >= 4 is 30.1 Å². The Morgan fingerprint density at radius 3 is 2.29 bits per heavy atom. The van der Waals surface area contributed by atoms with Crippen molar-refractivity contribution in [2.24, 2.45) is 5.73 Å². The van der Waals surface area contributed by atoms with Gasteiger partial charge in [0, 0.05) is 29.9 Å². The highest BCUT2D eigenvalue weighted by Gasteiger charge is 2.09. The maximum absolute atomic E-state index is 11.9. The Morgan fingerprint density at radius 2 is 1.71 bits per heavy atom. The Labute approximate surface area is 154 Å². The van der Waals surface area contributed by atoms with Gasteiger partial charge in [-0.25, -0.2) is 0 Å². The van der Waals surface area contributed by atoms with E-state index < -0.39 is 0 Å². The number of carbonyl (C=O) groups is 1. The summed E-state index contributed by atoms with van der Waals surface area (Å²) in [4.78, 5) is 16.9. The Bertz CT molecular complexity index is 620. The summed E-state index contributed by atoms with van der Waals surface area (Å²) >= 11 is 1.49. The first-order valence-corrected chi connectivity index (χ1v) is 8.70. The van der Waals surface area contributed by atoms with Gasteiger partial charge in [-0.2, -0.15) is 0 Å². The van der Waals surface area contributed by atoms with Gasteiger partial charge in [0.05, 0.1) is 5.75 Å². The highest BCUT2D eigenvalue weighted by atomic mass is 35.5. The number of halogens is 1. The average molecular weight is 366 g/mol. The third kappa shape index (κ3) is 6.51. The lowest BCUT2D eigenvalue weighted by molar-refractivity contribution is -0.118. The summed E-state index contributed by atoms with van der Waals surface area (Å²) in [6, 6.07) is 11.9. The maximum Gasteiger partial charge on any atom is 0.230 e. The number of nitrogens with two attached hydrogens (primary N) is 1. The van der Waals surface area contributed by atoms with E-state index in [2.05, 4.69) is 36.3 Å². The van der Waals surface area contributed by atoms with Gasteiger partial charge in [0.15, 0.2) is 0 Å². The Hall–Kier alpha value is -1.56. The van der Waals surface area contributed by atoms with E-state index in [1.807, 2.05) is 24.3 Å². The van der Waals surface area contributed by atoms with E-state index in [4.69, 9.17) is 5.73 Å². The van der Waals surface area contributed by atoms with Gasteiger partial charge in [-0.1, -0.05) is 38.1 Å². The lowest BCUT2D eigenvalue weighted by Crippen LogP contribution is -2.33. The van der Waals surface area contributed by atoms with Crippen LogP contribution in [0.2, 0.25) is 0 Å². The molecule has 0 bridgehead atoms.